The van der Waals surface area contributed by atoms with Gasteiger partial charge in [-0.25, -0.2) is 0 Å². The van der Waals surface area contributed by atoms with Crippen molar-refractivity contribution in [2.45, 2.75) is 57.7 Å². The van der Waals surface area contributed by atoms with Crippen LogP contribution in [0.15, 0.2) is 0 Å². The molecule has 0 unspecified atom stereocenters. The molecule has 0 atom stereocenters. The second-order valence-corrected chi connectivity index (χ2v) is 6.37. The first kappa shape index (κ1) is 22.6. The average Bonchev–Trinajstić information content (AvgIpc) is 2.33. The number of carbonyl (C=O) groups excluding carboxylic acids is 2. The fraction of sp³-hybridized carbons (Fsp3) is 0.846. The van der Waals surface area contributed by atoms with Gasteiger partial charge in [-0.2, -0.15) is 26.3 Å². The maximum absolute atomic E-state index is 12.4. The highest BCUT2D eigenvalue weighted by atomic mass is 19.4. The van der Waals surface area contributed by atoms with E-state index >= 15 is 0 Å². The molecule has 0 heterocycles. The van der Waals surface area contributed by atoms with Gasteiger partial charge >= 0.3 is 24.2 Å². The van der Waals surface area contributed by atoms with Crippen LogP contribution in [0.25, 0.3) is 0 Å². The Labute approximate surface area is 134 Å². The third-order valence-corrected chi connectivity index (χ3v) is 2.73. The van der Waals surface area contributed by atoms with Gasteiger partial charge in [-0.15, -0.1) is 0 Å². The molecular formula is C13H19F6NO4. The number of halogens is 6. The maximum Gasteiger partial charge on any atom is 0.471 e. The molecule has 5 nitrogen and oxygen atoms in total. The summed E-state index contributed by atoms with van der Waals surface area (Å²) in [7, 11) is 0. The molecule has 0 saturated carbocycles. The third kappa shape index (κ3) is 7.95. The SMILES string of the molecule is CC(C)(O)COC(C)(C)CCN(C(=O)C(F)(F)F)C(=O)C(F)(F)F. The molecule has 11 heteroatoms. The summed E-state index contributed by atoms with van der Waals surface area (Å²) in [5.74, 6) is -5.80. The van der Waals surface area contributed by atoms with Gasteiger partial charge < -0.3 is 9.84 Å². The van der Waals surface area contributed by atoms with E-state index in [1.54, 1.807) is 0 Å². The first-order valence-corrected chi connectivity index (χ1v) is 6.73. The third-order valence-electron chi connectivity index (χ3n) is 2.73. The Morgan fingerprint density at radius 3 is 1.58 bits per heavy atom. The van der Waals surface area contributed by atoms with E-state index in [4.69, 9.17) is 4.74 Å². The molecule has 0 bridgehead atoms. The number of aliphatic hydroxyl groups is 1. The number of amides is 2. The molecule has 0 spiro atoms. The van der Waals surface area contributed by atoms with E-state index in [9.17, 15) is 41.0 Å². The van der Waals surface area contributed by atoms with E-state index in [2.05, 4.69) is 0 Å². The van der Waals surface area contributed by atoms with Crippen molar-refractivity contribution in [3.05, 3.63) is 0 Å². The summed E-state index contributed by atoms with van der Waals surface area (Å²) >= 11 is 0. The number of imide groups is 1. The van der Waals surface area contributed by atoms with Gasteiger partial charge in [0, 0.05) is 6.54 Å². The van der Waals surface area contributed by atoms with Crippen LogP contribution in [0.5, 0.6) is 0 Å². The maximum atomic E-state index is 12.4. The van der Waals surface area contributed by atoms with Crippen LogP contribution in [0.4, 0.5) is 26.3 Å². The Balaban J connectivity index is 5.15. The fourth-order valence-electron chi connectivity index (χ4n) is 1.43. The van der Waals surface area contributed by atoms with E-state index < -0.39 is 53.2 Å². The summed E-state index contributed by atoms with van der Waals surface area (Å²) in [5.41, 5.74) is -2.56. The lowest BCUT2D eigenvalue weighted by molar-refractivity contribution is -0.205. The minimum atomic E-state index is -5.63. The summed E-state index contributed by atoms with van der Waals surface area (Å²) < 4.78 is 79.6. The van der Waals surface area contributed by atoms with E-state index in [0.29, 0.717) is 0 Å². The van der Waals surface area contributed by atoms with Crippen LogP contribution in [0.1, 0.15) is 34.1 Å². The van der Waals surface area contributed by atoms with Crippen molar-refractivity contribution in [2.24, 2.45) is 0 Å². The quantitative estimate of drug-likeness (QED) is 0.733. The highest BCUT2D eigenvalue weighted by Gasteiger charge is 2.52. The number of ether oxygens (including phenoxy) is 1. The van der Waals surface area contributed by atoms with Gasteiger partial charge in [-0.1, -0.05) is 0 Å². The molecular weight excluding hydrogens is 348 g/mol. The second-order valence-electron chi connectivity index (χ2n) is 6.37. The Bertz CT molecular complexity index is 439. The van der Waals surface area contributed by atoms with E-state index in [1.807, 2.05) is 0 Å². The standard InChI is InChI=1S/C13H19F6NO4/c1-10(2,23)7-24-11(3,4)5-6-20(8(21)12(14,15)16)9(22)13(17,18)19/h23H,5-7H2,1-4H3. The van der Waals surface area contributed by atoms with Gasteiger partial charge in [-0.05, 0) is 34.1 Å². The highest BCUT2D eigenvalue weighted by Crippen LogP contribution is 2.26. The molecule has 0 aromatic carbocycles. The van der Waals surface area contributed by atoms with Gasteiger partial charge in [0.05, 0.1) is 17.8 Å². The van der Waals surface area contributed by atoms with Crippen LogP contribution in [0, 0.1) is 0 Å². The topological polar surface area (TPSA) is 66.8 Å². The Morgan fingerprint density at radius 2 is 1.29 bits per heavy atom. The van der Waals surface area contributed by atoms with Crippen LogP contribution in [0.3, 0.4) is 0 Å². The number of nitrogens with zero attached hydrogens (tertiary/aromatic N) is 1. The molecule has 1 N–H and O–H groups in total. The summed E-state index contributed by atoms with van der Waals surface area (Å²) in [6.45, 7) is 4.06. The molecule has 0 aliphatic carbocycles. The van der Waals surface area contributed by atoms with E-state index in [0.717, 1.165) is 0 Å². The van der Waals surface area contributed by atoms with Crippen LogP contribution in [-0.4, -0.2) is 58.5 Å². The van der Waals surface area contributed by atoms with Crippen molar-refractivity contribution in [3.63, 3.8) is 0 Å². The molecule has 0 radical (unpaired) electrons. The van der Waals surface area contributed by atoms with E-state index in [1.165, 1.54) is 27.7 Å². The summed E-state index contributed by atoms with van der Waals surface area (Å²) in [6, 6.07) is 0. The monoisotopic (exact) mass is 367 g/mol. The van der Waals surface area contributed by atoms with E-state index in [-0.39, 0.29) is 6.61 Å². The summed E-state index contributed by atoms with van der Waals surface area (Å²) in [5, 5.41) is 9.51. The first-order chi connectivity index (χ1) is 10.4. The lowest BCUT2D eigenvalue weighted by Gasteiger charge is -2.31. The summed E-state index contributed by atoms with van der Waals surface area (Å²) in [6.07, 6.45) is -11.7. The first-order valence-electron chi connectivity index (χ1n) is 6.73. The highest BCUT2D eigenvalue weighted by molar-refractivity contribution is 6.00. The lowest BCUT2D eigenvalue weighted by Crippen LogP contribution is -2.51. The Kier molecular flexibility index (Phi) is 6.85. The molecule has 142 valence electrons. The molecule has 2 amide bonds. The van der Waals surface area contributed by atoms with Crippen molar-refractivity contribution < 1.29 is 45.8 Å². The minimum absolute atomic E-state index is 0.250. The summed E-state index contributed by atoms with van der Waals surface area (Å²) in [4.78, 5) is 21.3. The largest absolute Gasteiger partial charge is 0.471 e. The molecule has 0 aliphatic rings. The molecule has 0 fully saturated rings. The zero-order valence-corrected chi connectivity index (χ0v) is 13.5. The van der Waals surface area contributed by atoms with Crippen molar-refractivity contribution in [3.8, 4) is 0 Å². The molecule has 0 aromatic heterocycles. The zero-order chi connectivity index (χ0) is 19.6. The van der Waals surface area contributed by atoms with Gasteiger partial charge in [0.15, 0.2) is 0 Å². The van der Waals surface area contributed by atoms with Gasteiger partial charge in [0.2, 0.25) is 0 Å². The van der Waals surface area contributed by atoms with Crippen molar-refractivity contribution >= 4 is 11.8 Å². The van der Waals surface area contributed by atoms with Gasteiger partial charge in [-0.3, -0.25) is 14.5 Å². The Morgan fingerprint density at radius 1 is 0.917 bits per heavy atom. The van der Waals surface area contributed by atoms with Crippen molar-refractivity contribution in [1.29, 1.82) is 0 Å². The zero-order valence-electron chi connectivity index (χ0n) is 13.5. The number of carbonyl (C=O) groups is 2. The molecule has 0 aromatic rings. The predicted molar refractivity (Wildman–Crippen MR) is 69.8 cm³/mol. The Hall–Kier alpha value is -1.36. The number of hydrogen-bond acceptors (Lipinski definition) is 4. The predicted octanol–water partition coefficient (Wildman–Crippen LogP) is 2.42. The lowest BCUT2D eigenvalue weighted by atomic mass is 10.0. The average molecular weight is 367 g/mol. The van der Waals surface area contributed by atoms with Crippen LogP contribution in [-0.2, 0) is 14.3 Å². The van der Waals surface area contributed by atoms with Gasteiger partial charge in [0.25, 0.3) is 0 Å². The molecule has 0 saturated heterocycles. The molecule has 24 heavy (non-hydrogen) atoms. The fourth-order valence-corrected chi connectivity index (χ4v) is 1.43. The number of alkyl halides is 6. The second kappa shape index (κ2) is 7.26. The van der Waals surface area contributed by atoms with Crippen molar-refractivity contribution in [2.75, 3.05) is 13.2 Å². The van der Waals surface area contributed by atoms with Gasteiger partial charge in [0.1, 0.15) is 0 Å². The number of rotatable bonds is 6. The normalized spacial score (nSPS) is 13.8. The van der Waals surface area contributed by atoms with Crippen LogP contribution in [0.2, 0.25) is 0 Å². The molecule has 0 aliphatic heterocycles. The smallest absolute Gasteiger partial charge is 0.388 e. The number of hydrogen-bond donors (Lipinski definition) is 1. The van der Waals surface area contributed by atoms with Crippen molar-refractivity contribution in [1.82, 2.24) is 4.90 Å². The minimum Gasteiger partial charge on any atom is -0.388 e. The molecule has 0 rings (SSSR count). The van der Waals surface area contributed by atoms with Crippen LogP contribution < -0.4 is 0 Å². The van der Waals surface area contributed by atoms with Crippen LogP contribution >= 0.6 is 0 Å².